The van der Waals surface area contributed by atoms with Gasteiger partial charge in [0, 0.05) is 24.2 Å². The summed E-state index contributed by atoms with van der Waals surface area (Å²) in [4.78, 5) is 11.9. The zero-order chi connectivity index (χ0) is 11.8. The molecule has 92 valence electrons. The Balaban J connectivity index is 1.62. The van der Waals surface area contributed by atoms with Crippen molar-refractivity contribution in [1.29, 1.82) is 0 Å². The molecule has 2 fully saturated rings. The Hall–Kier alpha value is -1.36. The molecule has 5 nitrogen and oxygen atoms in total. The summed E-state index contributed by atoms with van der Waals surface area (Å²) in [7, 11) is 0. The maximum atomic E-state index is 11.9. The summed E-state index contributed by atoms with van der Waals surface area (Å²) in [5.74, 6) is 0.550. The van der Waals surface area contributed by atoms with E-state index in [1.807, 2.05) is 0 Å². The molecule has 2 aliphatic heterocycles. The number of rotatable bonds is 2. The van der Waals surface area contributed by atoms with E-state index in [1.165, 1.54) is 12.8 Å². The molecule has 2 N–H and O–H groups in total. The number of amides is 1. The lowest BCUT2D eigenvalue weighted by Gasteiger charge is -2.29. The Morgan fingerprint density at radius 2 is 2.18 bits per heavy atom. The first-order valence-electron chi connectivity index (χ1n) is 6.21. The molecule has 0 aliphatic carbocycles. The second-order valence-electron chi connectivity index (χ2n) is 5.10. The third-order valence-corrected chi connectivity index (χ3v) is 3.67. The van der Waals surface area contributed by atoms with Crippen LogP contribution in [-0.4, -0.2) is 29.2 Å². The molecule has 2 atom stereocenters. The van der Waals surface area contributed by atoms with Crippen LogP contribution in [0.25, 0.3) is 0 Å². The van der Waals surface area contributed by atoms with Crippen molar-refractivity contribution in [2.45, 2.75) is 50.7 Å². The third kappa shape index (κ3) is 2.20. The zero-order valence-corrected chi connectivity index (χ0v) is 9.90. The second-order valence-corrected chi connectivity index (χ2v) is 5.10. The van der Waals surface area contributed by atoms with Crippen LogP contribution >= 0.6 is 0 Å². The van der Waals surface area contributed by atoms with Crippen LogP contribution in [0, 0.1) is 6.92 Å². The van der Waals surface area contributed by atoms with Gasteiger partial charge in [-0.05, 0) is 32.6 Å². The number of carbonyl (C=O) groups excluding carboxylic acids is 1. The van der Waals surface area contributed by atoms with Gasteiger partial charge in [0.05, 0.1) is 0 Å². The van der Waals surface area contributed by atoms with Gasteiger partial charge >= 0.3 is 0 Å². The van der Waals surface area contributed by atoms with E-state index in [-0.39, 0.29) is 11.9 Å². The molecular formula is C12H17N3O2. The van der Waals surface area contributed by atoms with Gasteiger partial charge in [-0.2, -0.15) is 0 Å². The maximum absolute atomic E-state index is 11.9. The maximum Gasteiger partial charge on any atom is 0.273 e. The van der Waals surface area contributed by atoms with Gasteiger partial charge in [-0.15, -0.1) is 0 Å². The van der Waals surface area contributed by atoms with Gasteiger partial charge < -0.3 is 15.2 Å². The Bertz CT molecular complexity index is 417. The average Bonchev–Trinajstić information content (AvgIpc) is 2.85. The Kier molecular flexibility index (Phi) is 2.63. The van der Waals surface area contributed by atoms with Crippen molar-refractivity contribution < 1.29 is 9.32 Å². The number of piperidine rings is 1. The van der Waals surface area contributed by atoms with E-state index in [0.717, 1.165) is 12.8 Å². The minimum Gasteiger partial charge on any atom is -0.361 e. The predicted octanol–water partition coefficient (Wildman–Crippen LogP) is 0.996. The van der Waals surface area contributed by atoms with Crippen LogP contribution in [0.3, 0.4) is 0 Å². The number of aryl methyl sites for hydroxylation is 1. The molecule has 1 aromatic rings. The van der Waals surface area contributed by atoms with Crippen LogP contribution in [0.1, 0.15) is 41.9 Å². The molecule has 17 heavy (non-hydrogen) atoms. The molecule has 0 radical (unpaired) electrons. The van der Waals surface area contributed by atoms with E-state index in [9.17, 15) is 4.79 Å². The van der Waals surface area contributed by atoms with Crippen molar-refractivity contribution >= 4 is 5.91 Å². The highest BCUT2D eigenvalue weighted by molar-refractivity contribution is 5.92. The Morgan fingerprint density at radius 1 is 1.47 bits per heavy atom. The van der Waals surface area contributed by atoms with Gasteiger partial charge in [-0.25, -0.2) is 0 Å². The molecule has 3 heterocycles. The summed E-state index contributed by atoms with van der Waals surface area (Å²) < 4.78 is 4.91. The van der Waals surface area contributed by atoms with Crippen molar-refractivity contribution in [3.05, 3.63) is 17.5 Å². The fraction of sp³-hybridized carbons (Fsp3) is 0.667. The van der Waals surface area contributed by atoms with Crippen LogP contribution in [0.15, 0.2) is 10.6 Å². The Labute approximate surface area is 99.9 Å². The van der Waals surface area contributed by atoms with E-state index in [4.69, 9.17) is 4.52 Å². The van der Waals surface area contributed by atoms with E-state index < -0.39 is 0 Å². The normalized spacial score (nSPS) is 31.5. The van der Waals surface area contributed by atoms with Crippen molar-refractivity contribution in [3.8, 4) is 0 Å². The first-order chi connectivity index (χ1) is 8.20. The van der Waals surface area contributed by atoms with Crippen molar-refractivity contribution in [2.75, 3.05) is 0 Å². The minimum absolute atomic E-state index is 0.117. The SMILES string of the molecule is Cc1cc(C(=O)NC2CC3CCC(C2)N3)no1. The van der Waals surface area contributed by atoms with Crippen LogP contribution < -0.4 is 10.6 Å². The summed E-state index contributed by atoms with van der Waals surface area (Å²) in [6.07, 6.45) is 4.53. The van der Waals surface area contributed by atoms with Gasteiger partial charge in [-0.1, -0.05) is 5.16 Å². The van der Waals surface area contributed by atoms with Gasteiger partial charge in [-0.3, -0.25) is 4.79 Å². The summed E-state index contributed by atoms with van der Waals surface area (Å²) in [6, 6.07) is 3.11. The lowest BCUT2D eigenvalue weighted by molar-refractivity contribution is 0.0914. The number of hydrogen-bond donors (Lipinski definition) is 2. The standard InChI is InChI=1S/C12H17N3O2/c1-7-4-11(15-17-7)12(16)14-10-5-8-2-3-9(6-10)13-8/h4,8-10,13H,2-3,5-6H2,1H3,(H,14,16). The van der Waals surface area contributed by atoms with Gasteiger partial charge in [0.2, 0.25) is 0 Å². The number of nitrogens with one attached hydrogen (secondary N) is 2. The molecule has 2 bridgehead atoms. The smallest absolute Gasteiger partial charge is 0.273 e. The quantitative estimate of drug-likeness (QED) is 0.802. The highest BCUT2D eigenvalue weighted by Gasteiger charge is 2.34. The topological polar surface area (TPSA) is 67.2 Å². The minimum atomic E-state index is -0.117. The number of aromatic nitrogens is 1. The molecular weight excluding hydrogens is 218 g/mol. The highest BCUT2D eigenvalue weighted by Crippen LogP contribution is 2.26. The lowest BCUT2D eigenvalue weighted by atomic mass is 10.00. The van der Waals surface area contributed by atoms with Crippen molar-refractivity contribution in [3.63, 3.8) is 0 Å². The van der Waals surface area contributed by atoms with E-state index >= 15 is 0 Å². The molecule has 0 aromatic carbocycles. The summed E-state index contributed by atoms with van der Waals surface area (Å²) >= 11 is 0. The molecule has 2 aliphatic rings. The third-order valence-electron chi connectivity index (χ3n) is 3.67. The second kappa shape index (κ2) is 4.14. The van der Waals surface area contributed by atoms with E-state index in [0.29, 0.717) is 23.5 Å². The van der Waals surface area contributed by atoms with E-state index in [2.05, 4.69) is 15.8 Å². The number of nitrogens with zero attached hydrogens (tertiary/aromatic N) is 1. The summed E-state index contributed by atoms with van der Waals surface area (Å²) in [6.45, 7) is 1.79. The van der Waals surface area contributed by atoms with Crippen LogP contribution in [0.2, 0.25) is 0 Å². The summed E-state index contributed by atoms with van der Waals surface area (Å²) in [5, 5.41) is 10.3. The molecule has 0 spiro atoms. The fourth-order valence-corrected chi connectivity index (χ4v) is 2.91. The van der Waals surface area contributed by atoms with Gasteiger partial charge in [0.15, 0.2) is 5.69 Å². The molecule has 1 amide bonds. The van der Waals surface area contributed by atoms with Gasteiger partial charge in [0.1, 0.15) is 5.76 Å². The predicted molar refractivity (Wildman–Crippen MR) is 61.7 cm³/mol. The molecule has 2 unspecified atom stereocenters. The lowest BCUT2D eigenvalue weighted by Crippen LogP contribution is -2.48. The molecule has 5 heteroatoms. The largest absolute Gasteiger partial charge is 0.361 e. The fourth-order valence-electron chi connectivity index (χ4n) is 2.91. The Morgan fingerprint density at radius 3 is 2.76 bits per heavy atom. The van der Waals surface area contributed by atoms with Crippen LogP contribution in [0.5, 0.6) is 0 Å². The first kappa shape index (κ1) is 10.8. The number of carbonyl (C=O) groups is 1. The van der Waals surface area contributed by atoms with Crippen molar-refractivity contribution in [2.24, 2.45) is 0 Å². The number of fused-ring (bicyclic) bond motifs is 2. The van der Waals surface area contributed by atoms with Crippen molar-refractivity contribution in [1.82, 2.24) is 15.8 Å². The molecule has 2 saturated heterocycles. The highest BCUT2D eigenvalue weighted by atomic mass is 16.5. The molecule has 0 saturated carbocycles. The van der Waals surface area contributed by atoms with E-state index in [1.54, 1.807) is 13.0 Å². The number of hydrogen-bond acceptors (Lipinski definition) is 4. The first-order valence-corrected chi connectivity index (χ1v) is 6.21. The van der Waals surface area contributed by atoms with Crippen LogP contribution in [0.4, 0.5) is 0 Å². The molecule has 3 rings (SSSR count). The summed E-state index contributed by atoms with van der Waals surface area (Å²) in [5.41, 5.74) is 0.383. The zero-order valence-electron chi connectivity index (χ0n) is 9.90. The molecule has 1 aromatic heterocycles. The monoisotopic (exact) mass is 235 g/mol. The van der Waals surface area contributed by atoms with Gasteiger partial charge in [0.25, 0.3) is 5.91 Å². The average molecular weight is 235 g/mol. The van der Waals surface area contributed by atoms with Crippen LogP contribution in [-0.2, 0) is 0 Å².